The van der Waals surface area contributed by atoms with Gasteiger partial charge in [0.25, 0.3) is 5.91 Å². The number of rotatable bonds is 6. The van der Waals surface area contributed by atoms with Gasteiger partial charge in [0.05, 0.1) is 5.69 Å². The van der Waals surface area contributed by atoms with Crippen LogP contribution in [-0.4, -0.2) is 17.7 Å². The van der Waals surface area contributed by atoms with E-state index in [1.807, 2.05) is 54.6 Å². The molecule has 0 aromatic heterocycles. The van der Waals surface area contributed by atoms with Crippen molar-refractivity contribution in [2.24, 2.45) is 0 Å². The lowest BCUT2D eigenvalue weighted by Gasteiger charge is -2.14. The smallest absolute Gasteiger partial charge is 0.251 e. The topological polar surface area (TPSA) is 75.7 Å². The molecule has 1 heterocycles. The Morgan fingerprint density at radius 2 is 1.50 bits per heavy atom. The number of benzene rings is 3. The Bertz CT molecular complexity index is 1060. The molecule has 1 aliphatic heterocycles. The third-order valence-corrected chi connectivity index (χ3v) is 4.77. The van der Waals surface area contributed by atoms with E-state index in [2.05, 4.69) is 5.32 Å². The second-order valence-corrected chi connectivity index (χ2v) is 6.91. The first-order valence-electron chi connectivity index (χ1n) is 9.66. The molecule has 150 valence electrons. The summed E-state index contributed by atoms with van der Waals surface area (Å²) < 4.78 is 5.82. The third-order valence-electron chi connectivity index (χ3n) is 4.77. The number of hydrogen-bond acceptors (Lipinski definition) is 4. The van der Waals surface area contributed by atoms with Crippen molar-refractivity contribution in [2.45, 2.75) is 19.4 Å². The molecule has 6 heteroatoms. The van der Waals surface area contributed by atoms with Gasteiger partial charge in [0.2, 0.25) is 11.8 Å². The minimum Gasteiger partial charge on any atom is -0.457 e. The van der Waals surface area contributed by atoms with E-state index >= 15 is 0 Å². The van der Waals surface area contributed by atoms with E-state index in [0.717, 1.165) is 11.3 Å². The van der Waals surface area contributed by atoms with Crippen molar-refractivity contribution in [3.63, 3.8) is 0 Å². The molecule has 0 saturated carbocycles. The van der Waals surface area contributed by atoms with Gasteiger partial charge in [-0.2, -0.15) is 0 Å². The summed E-state index contributed by atoms with van der Waals surface area (Å²) in [5.74, 6) is 0.769. The lowest BCUT2D eigenvalue weighted by Crippen LogP contribution is -2.28. The predicted molar refractivity (Wildman–Crippen MR) is 112 cm³/mol. The van der Waals surface area contributed by atoms with Crippen LogP contribution in [0.1, 0.15) is 28.8 Å². The summed E-state index contributed by atoms with van der Waals surface area (Å²) in [5.41, 5.74) is 1.85. The Hall–Kier alpha value is -3.93. The van der Waals surface area contributed by atoms with E-state index in [1.165, 1.54) is 4.90 Å². The zero-order valence-electron chi connectivity index (χ0n) is 16.2. The van der Waals surface area contributed by atoms with Crippen molar-refractivity contribution in [1.29, 1.82) is 0 Å². The molecule has 0 unspecified atom stereocenters. The Kier molecular flexibility index (Phi) is 5.57. The molecule has 1 fully saturated rings. The molecule has 0 bridgehead atoms. The van der Waals surface area contributed by atoms with Crippen LogP contribution in [0.5, 0.6) is 11.5 Å². The van der Waals surface area contributed by atoms with Crippen LogP contribution >= 0.6 is 0 Å². The number of imide groups is 1. The first kappa shape index (κ1) is 19.4. The number of anilines is 1. The van der Waals surface area contributed by atoms with Crippen molar-refractivity contribution in [3.8, 4) is 11.5 Å². The van der Waals surface area contributed by atoms with E-state index in [1.54, 1.807) is 24.3 Å². The number of nitrogens with one attached hydrogen (secondary N) is 1. The van der Waals surface area contributed by atoms with Crippen molar-refractivity contribution >= 4 is 23.4 Å². The first-order chi connectivity index (χ1) is 14.6. The predicted octanol–water partition coefficient (Wildman–Crippen LogP) is 4.06. The van der Waals surface area contributed by atoms with Crippen LogP contribution in [0.15, 0.2) is 78.9 Å². The van der Waals surface area contributed by atoms with Crippen LogP contribution in [0.4, 0.5) is 5.69 Å². The molecule has 1 saturated heterocycles. The summed E-state index contributed by atoms with van der Waals surface area (Å²) in [6.45, 7) is 0.343. The number of para-hydroxylation sites is 1. The molecule has 0 spiro atoms. The highest BCUT2D eigenvalue weighted by molar-refractivity contribution is 6.19. The molecule has 0 atom stereocenters. The molecule has 0 radical (unpaired) electrons. The Morgan fingerprint density at radius 3 is 2.20 bits per heavy atom. The normalized spacial score (nSPS) is 13.4. The standard InChI is InChI=1S/C24H20N2O4/c27-22-13-14-23(28)26(22)19-11-9-18(10-12-19)24(29)25-16-17-5-4-8-21(15-17)30-20-6-2-1-3-7-20/h1-12,15H,13-14,16H2,(H,25,29). The molecule has 0 aliphatic carbocycles. The van der Waals surface area contributed by atoms with Gasteiger partial charge in [-0.25, -0.2) is 0 Å². The number of amides is 3. The lowest BCUT2D eigenvalue weighted by molar-refractivity contribution is -0.121. The van der Waals surface area contributed by atoms with Gasteiger partial charge in [0.1, 0.15) is 11.5 Å². The zero-order chi connectivity index (χ0) is 20.9. The number of nitrogens with zero attached hydrogens (tertiary/aromatic N) is 1. The van der Waals surface area contributed by atoms with Gasteiger partial charge in [-0.15, -0.1) is 0 Å². The SMILES string of the molecule is O=C(NCc1cccc(Oc2ccccc2)c1)c1ccc(N2C(=O)CCC2=O)cc1. The van der Waals surface area contributed by atoms with Gasteiger partial charge >= 0.3 is 0 Å². The van der Waals surface area contributed by atoms with E-state index in [0.29, 0.717) is 23.5 Å². The Balaban J connectivity index is 1.37. The molecule has 1 N–H and O–H groups in total. The maximum atomic E-state index is 12.5. The minimum atomic E-state index is -0.241. The monoisotopic (exact) mass is 400 g/mol. The largest absolute Gasteiger partial charge is 0.457 e. The highest BCUT2D eigenvalue weighted by atomic mass is 16.5. The number of carbonyl (C=O) groups is 3. The third kappa shape index (κ3) is 4.38. The lowest BCUT2D eigenvalue weighted by atomic mass is 10.1. The van der Waals surface area contributed by atoms with Gasteiger partial charge in [-0.3, -0.25) is 19.3 Å². The fourth-order valence-electron chi connectivity index (χ4n) is 3.25. The summed E-state index contributed by atoms with van der Waals surface area (Å²) in [6, 6.07) is 23.4. The van der Waals surface area contributed by atoms with Crippen LogP contribution in [0.25, 0.3) is 0 Å². The quantitative estimate of drug-likeness (QED) is 0.633. The Morgan fingerprint density at radius 1 is 0.833 bits per heavy atom. The maximum absolute atomic E-state index is 12.5. The second-order valence-electron chi connectivity index (χ2n) is 6.91. The highest BCUT2D eigenvalue weighted by Gasteiger charge is 2.30. The zero-order valence-corrected chi connectivity index (χ0v) is 16.2. The Labute approximate surface area is 174 Å². The fraction of sp³-hybridized carbons (Fsp3) is 0.125. The fourth-order valence-corrected chi connectivity index (χ4v) is 3.25. The van der Waals surface area contributed by atoms with Crippen molar-refractivity contribution < 1.29 is 19.1 Å². The first-order valence-corrected chi connectivity index (χ1v) is 9.66. The number of ether oxygens (including phenoxy) is 1. The van der Waals surface area contributed by atoms with E-state index in [9.17, 15) is 14.4 Å². The molecule has 3 amide bonds. The summed E-state index contributed by atoms with van der Waals surface area (Å²) in [7, 11) is 0. The van der Waals surface area contributed by atoms with Crippen molar-refractivity contribution in [2.75, 3.05) is 4.90 Å². The minimum absolute atomic E-state index is 0.213. The molecule has 6 nitrogen and oxygen atoms in total. The van der Waals surface area contributed by atoms with Gasteiger partial charge in [0.15, 0.2) is 0 Å². The second kappa shape index (κ2) is 8.61. The molecule has 1 aliphatic rings. The van der Waals surface area contributed by atoms with Crippen molar-refractivity contribution in [3.05, 3.63) is 90.0 Å². The molecular formula is C24H20N2O4. The number of carbonyl (C=O) groups excluding carboxylic acids is 3. The molecule has 3 aromatic carbocycles. The van der Waals surface area contributed by atoms with E-state index in [-0.39, 0.29) is 30.6 Å². The van der Waals surface area contributed by atoms with Crippen LogP contribution in [0, 0.1) is 0 Å². The molecular weight excluding hydrogens is 380 g/mol. The maximum Gasteiger partial charge on any atom is 0.251 e. The van der Waals surface area contributed by atoms with Crippen LogP contribution in [0.2, 0.25) is 0 Å². The summed E-state index contributed by atoms with van der Waals surface area (Å²) in [4.78, 5) is 37.3. The summed E-state index contributed by atoms with van der Waals surface area (Å²) >= 11 is 0. The summed E-state index contributed by atoms with van der Waals surface area (Å²) in [5, 5.41) is 2.87. The molecule has 3 aromatic rings. The van der Waals surface area contributed by atoms with Gasteiger partial charge in [-0.1, -0.05) is 30.3 Å². The van der Waals surface area contributed by atoms with Gasteiger partial charge in [0, 0.05) is 24.9 Å². The highest BCUT2D eigenvalue weighted by Crippen LogP contribution is 2.23. The summed E-state index contributed by atoms with van der Waals surface area (Å²) in [6.07, 6.45) is 0.461. The van der Waals surface area contributed by atoms with E-state index < -0.39 is 0 Å². The van der Waals surface area contributed by atoms with Crippen molar-refractivity contribution in [1.82, 2.24) is 5.32 Å². The van der Waals surface area contributed by atoms with Gasteiger partial charge in [-0.05, 0) is 54.1 Å². The van der Waals surface area contributed by atoms with Gasteiger partial charge < -0.3 is 10.1 Å². The molecule has 4 rings (SSSR count). The number of hydrogen-bond donors (Lipinski definition) is 1. The van der Waals surface area contributed by atoms with E-state index in [4.69, 9.17) is 4.74 Å². The average Bonchev–Trinajstić information content (AvgIpc) is 3.11. The average molecular weight is 400 g/mol. The molecule has 30 heavy (non-hydrogen) atoms. The van der Waals surface area contributed by atoms with Crippen LogP contribution in [-0.2, 0) is 16.1 Å². The van der Waals surface area contributed by atoms with Crippen LogP contribution in [0.3, 0.4) is 0 Å². The van der Waals surface area contributed by atoms with Crippen LogP contribution < -0.4 is 15.0 Å².